The highest BCUT2D eigenvalue weighted by atomic mass is 32.2. The molecule has 0 unspecified atom stereocenters. The first kappa shape index (κ1) is 14.6. The summed E-state index contributed by atoms with van der Waals surface area (Å²) in [7, 11) is 0. The molecular formula is C16H15N3O2S. The molecule has 2 heterocycles. The Labute approximate surface area is 132 Å². The number of hydrogen-bond acceptors (Lipinski definition) is 5. The standard InChI is InChI=1S/C16H15N3O2S/c1-2-21-15(20)14(12-8-4-3-5-9-12)22-16-18-17-13-10-6-7-11-19(13)16/h3-11,14H,2H2,1H3/t14-/m0/s1. The first-order valence-corrected chi connectivity index (χ1v) is 7.85. The second-order valence-electron chi connectivity index (χ2n) is 4.57. The quantitative estimate of drug-likeness (QED) is 0.535. The summed E-state index contributed by atoms with van der Waals surface area (Å²) in [4.78, 5) is 12.3. The van der Waals surface area contributed by atoms with Gasteiger partial charge in [0.05, 0.1) is 6.61 Å². The largest absolute Gasteiger partial charge is 0.465 e. The van der Waals surface area contributed by atoms with E-state index in [0.717, 1.165) is 11.2 Å². The van der Waals surface area contributed by atoms with Gasteiger partial charge in [-0.1, -0.05) is 48.2 Å². The fourth-order valence-corrected chi connectivity index (χ4v) is 3.13. The summed E-state index contributed by atoms with van der Waals surface area (Å²) in [5.74, 6) is -0.272. The van der Waals surface area contributed by atoms with Crippen molar-refractivity contribution < 1.29 is 9.53 Å². The van der Waals surface area contributed by atoms with Crippen molar-refractivity contribution in [2.45, 2.75) is 17.3 Å². The third-order valence-corrected chi connectivity index (χ3v) is 4.30. The van der Waals surface area contributed by atoms with E-state index >= 15 is 0 Å². The van der Waals surface area contributed by atoms with Crippen molar-refractivity contribution in [1.82, 2.24) is 14.6 Å². The van der Waals surface area contributed by atoms with Crippen molar-refractivity contribution in [3.05, 3.63) is 60.3 Å². The Hall–Kier alpha value is -2.34. The van der Waals surface area contributed by atoms with Crippen molar-refractivity contribution in [2.24, 2.45) is 0 Å². The molecule has 0 aliphatic carbocycles. The average Bonchev–Trinajstić information content (AvgIpc) is 2.97. The SMILES string of the molecule is CCOC(=O)[C@@H](Sc1nnc2ccccn12)c1ccccc1. The van der Waals surface area contributed by atoms with Crippen LogP contribution in [0, 0.1) is 0 Å². The van der Waals surface area contributed by atoms with Gasteiger partial charge in [0.1, 0.15) is 5.25 Å². The molecule has 0 aliphatic heterocycles. The molecule has 0 saturated carbocycles. The molecular weight excluding hydrogens is 298 g/mol. The van der Waals surface area contributed by atoms with Gasteiger partial charge in [0.2, 0.25) is 0 Å². The average molecular weight is 313 g/mol. The van der Waals surface area contributed by atoms with Gasteiger partial charge in [0.25, 0.3) is 0 Å². The van der Waals surface area contributed by atoms with Crippen LogP contribution in [0.4, 0.5) is 0 Å². The van der Waals surface area contributed by atoms with Crippen molar-refractivity contribution in [3.8, 4) is 0 Å². The molecule has 3 rings (SSSR count). The van der Waals surface area contributed by atoms with Crippen LogP contribution in [-0.4, -0.2) is 27.2 Å². The van der Waals surface area contributed by atoms with Crippen LogP contribution in [0.3, 0.4) is 0 Å². The molecule has 0 aliphatic rings. The molecule has 0 radical (unpaired) electrons. The molecule has 0 spiro atoms. The van der Waals surface area contributed by atoms with Gasteiger partial charge in [-0.25, -0.2) is 0 Å². The minimum atomic E-state index is -0.464. The second-order valence-corrected chi connectivity index (χ2v) is 5.64. The van der Waals surface area contributed by atoms with Gasteiger partial charge in [0.15, 0.2) is 10.8 Å². The second kappa shape index (κ2) is 6.62. The lowest BCUT2D eigenvalue weighted by Crippen LogP contribution is -2.13. The predicted molar refractivity (Wildman–Crippen MR) is 84.7 cm³/mol. The lowest BCUT2D eigenvalue weighted by molar-refractivity contribution is -0.142. The van der Waals surface area contributed by atoms with Crippen molar-refractivity contribution in [1.29, 1.82) is 0 Å². The molecule has 3 aromatic rings. The Balaban J connectivity index is 1.94. The van der Waals surface area contributed by atoms with Crippen LogP contribution in [0.2, 0.25) is 0 Å². The number of thioether (sulfide) groups is 1. The van der Waals surface area contributed by atoms with Crippen LogP contribution in [0.1, 0.15) is 17.7 Å². The number of carbonyl (C=O) groups excluding carboxylic acids is 1. The Bertz CT molecular complexity index is 773. The van der Waals surface area contributed by atoms with Crippen LogP contribution >= 0.6 is 11.8 Å². The number of carbonyl (C=O) groups is 1. The molecule has 0 N–H and O–H groups in total. The van der Waals surface area contributed by atoms with Gasteiger partial charge in [-0.3, -0.25) is 9.20 Å². The zero-order chi connectivity index (χ0) is 15.4. The van der Waals surface area contributed by atoms with Crippen LogP contribution in [0.5, 0.6) is 0 Å². The number of nitrogens with zero attached hydrogens (tertiary/aromatic N) is 3. The van der Waals surface area contributed by atoms with Crippen molar-refractivity contribution >= 4 is 23.4 Å². The summed E-state index contributed by atoms with van der Waals surface area (Å²) >= 11 is 1.34. The Kier molecular flexibility index (Phi) is 4.39. The summed E-state index contributed by atoms with van der Waals surface area (Å²) in [6, 6.07) is 15.2. The molecule has 5 nitrogen and oxygen atoms in total. The van der Waals surface area contributed by atoms with E-state index in [9.17, 15) is 4.79 Å². The summed E-state index contributed by atoms with van der Waals surface area (Å²) < 4.78 is 7.06. The smallest absolute Gasteiger partial charge is 0.324 e. The van der Waals surface area contributed by atoms with E-state index in [4.69, 9.17) is 4.74 Å². The maximum atomic E-state index is 12.3. The fourth-order valence-electron chi connectivity index (χ4n) is 2.10. The van der Waals surface area contributed by atoms with Crippen LogP contribution in [0.25, 0.3) is 5.65 Å². The molecule has 2 aromatic heterocycles. The first-order chi connectivity index (χ1) is 10.8. The van der Waals surface area contributed by atoms with Gasteiger partial charge in [-0.05, 0) is 24.6 Å². The van der Waals surface area contributed by atoms with Gasteiger partial charge >= 0.3 is 5.97 Å². The Morgan fingerprint density at radius 2 is 1.95 bits per heavy atom. The fraction of sp³-hybridized carbons (Fsp3) is 0.188. The van der Waals surface area contributed by atoms with Crippen LogP contribution < -0.4 is 0 Å². The van der Waals surface area contributed by atoms with Gasteiger partial charge in [-0.15, -0.1) is 10.2 Å². The lowest BCUT2D eigenvalue weighted by atomic mass is 10.1. The minimum absolute atomic E-state index is 0.272. The lowest BCUT2D eigenvalue weighted by Gasteiger charge is -2.14. The molecule has 112 valence electrons. The van der Waals surface area contributed by atoms with E-state index in [1.165, 1.54) is 11.8 Å². The van der Waals surface area contributed by atoms with E-state index in [0.29, 0.717) is 11.8 Å². The van der Waals surface area contributed by atoms with E-state index in [2.05, 4.69) is 10.2 Å². The maximum absolute atomic E-state index is 12.3. The number of rotatable bonds is 5. The van der Waals surface area contributed by atoms with Gasteiger partial charge < -0.3 is 4.74 Å². The Morgan fingerprint density at radius 1 is 1.18 bits per heavy atom. The Morgan fingerprint density at radius 3 is 2.73 bits per heavy atom. The molecule has 1 atom stereocenters. The summed E-state index contributed by atoms with van der Waals surface area (Å²) in [6.07, 6.45) is 1.88. The number of benzene rings is 1. The zero-order valence-electron chi connectivity index (χ0n) is 12.0. The number of esters is 1. The van der Waals surface area contributed by atoms with Gasteiger partial charge in [-0.2, -0.15) is 0 Å². The number of hydrogen-bond donors (Lipinski definition) is 0. The van der Waals surface area contributed by atoms with E-state index in [1.54, 1.807) is 6.92 Å². The summed E-state index contributed by atoms with van der Waals surface area (Å²) in [5, 5.41) is 8.48. The monoisotopic (exact) mass is 313 g/mol. The minimum Gasteiger partial charge on any atom is -0.465 e. The highest BCUT2D eigenvalue weighted by molar-refractivity contribution is 8.00. The molecule has 0 amide bonds. The van der Waals surface area contributed by atoms with E-state index in [-0.39, 0.29) is 5.97 Å². The molecule has 1 aromatic carbocycles. The molecule has 22 heavy (non-hydrogen) atoms. The summed E-state index contributed by atoms with van der Waals surface area (Å²) in [6.45, 7) is 2.15. The summed E-state index contributed by atoms with van der Waals surface area (Å²) in [5.41, 5.74) is 1.64. The third-order valence-electron chi connectivity index (χ3n) is 3.11. The number of pyridine rings is 1. The molecule has 0 bridgehead atoms. The number of aromatic nitrogens is 3. The first-order valence-electron chi connectivity index (χ1n) is 6.97. The van der Waals surface area contributed by atoms with E-state index in [1.807, 2.05) is 59.1 Å². The zero-order valence-corrected chi connectivity index (χ0v) is 12.9. The predicted octanol–water partition coefficient (Wildman–Crippen LogP) is 3.13. The topological polar surface area (TPSA) is 56.5 Å². The number of ether oxygens (including phenoxy) is 1. The van der Waals surface area contributed by atoms with Crippen molar-refractivity contribution in [2.75, 3.05) is 6.61 Å². The van der Waals surface area contributed by atoms with Crippen LogP contribution in [-0.2, 0) is 9.53 Å². The van der Waals surface area contributed by atoms with Crippen LogP contribution in [0.15, 0.2) is 59.9 Å². The number of fused-ring (bicyclic) bond motifs is 1. The van der Waals surface area contributed by atoms with Crippen molar-refractivity contribution in [3.63, 3.8) is 0 Å². The molecule has 6 heteroatoms. The normalized spacial score (nSPS) is 12.2. The molecule has 0 saturated heterocycles. The highest BCUT2D eigenvalue weighted by Crippen LogP contribution is 2.35. The maximum Gasteiger partial charge on any atom is 0.324 e. The highest BCUT2D eigenvalue weighted by Gasteiger charge is 2.25. The van der Waals surface area contributed by atoms with Gasteiger partial charge in [0, 0.05) is 6.20 Å². The molecule has 0 fully saturated rings. The third kappa shape index (κ3) is 2.96. The van der Waals surface area contributed by atoms with E-state index < -0.39 is 5.25 Å².